The van der Waals surface area contributed by atoms with Crippen molar-refractivity contribution in [3.05, 3.63) is 120 Å². The van der Waals surface area contributed by atoms with Crippen molar-refractivity contribution >= 4 is 23.2 Å². The Hall–Kier alpha value is -2.89. The first kappa shape index (κ1) is 19.1. The summed E-state index contributed by atoms with van der Waals surface area (Å²) in [5.41, 5.74) is 3.29. The van der Waals surface area contributed by atoms with Crippen molar-refractivity contribution in [2.75, 3.05) is 7.11 Å². The van der Waals surface area contributed by atoms with Crippen LogP contribution in [0.25, 0.3) is 0 Å². The van der Waals surface area contributed by atoms with E-state index in [0.29, 0.717) is 5.66 Å². The molecule has 0 N–H and O–H groups in total. The first-order valence-corrected chi connectivity index (χ1v) is 12.8. The molecule has 150 valence electrons. The molecule has 5 rings (SSSR count). The van der Waals surface area contributed by atoms with Crippen molar-refractivity contribution in [3.8, 4) is 5.75 Å². The number of hydrogen-bond donors (Lipinski definition) is 0. The summed E-state index contributed by atoms with van der Waals surface area (Å²) >= 11 is 0. The van der Waals surface area contributed by atoms with Gasteiger partial charge in [-0.3, -0.25) is 0 Å². The van der Waals surface area contributed by atoms with Gasteiger partial charge in [0.2, 0.25) is 0 Å². The summed E-state index contributed by atoms with van der Waals surface area (Å²) in [6.07, 6.45) is 2.26. The average molecular weight is 410 g/mol. The zero-order chi connectivity index (χ0) is 20.4. The van der Waals surface area contributed by atoms with Gasteiger partial charge in [-0.15, -0.1) is 0 Å². The van der Waals surface area contributed by atoms with Crippen molar-refractivity contribution < 1.29 is 4.74 Å². The Balaban J connectivity index is 1.88. The maximum atomic E-state index is 5.91. The van der Waals surface area contributed by atoms with Crippen LogP contribution in [0.3, 0.4) is 0 Å². The van der Waals surface area contributed by atoms with Crippen LogP contribution in [0.4, 0.5) is 0 Å². The van der Waals surface area contributed by atoms with Gasteiger partial charge in [-0.2, -0.15) is 0 Å². The third-order valence-corrected chi connectivity index (χ3v) is 12.0. The summed E-state index contributed by atoms with van der Waals surface area (Å²) in [4.78, 5) is 0. The summed E-state index contributed by atoms with van der Waals surface area (Å²) in [5.74, 6) is 1.04. The van der Waals surface area contributed by atoms with Crippen LogP contribution < -0.4 is 20.7 Å². The maximum absolute atomic E-state index is 5.91. The Morgan fingerprint density at radius 1 is 0.633 bits per heavy atom. The van der Waals surface area contributed by atoms with E-state index in [2.05, 4.69) is 109 Å². The third kappa shape index (κ3) is 2.97. The normalized spacial score (nSPS) is 16.1. The molecule has 1 aliphatic rings. The zero-order valence-corrected chi connectivity index (χ0v) is 18.3. The van der Waals surface area contributed by atoms with E-state index in [4.69, 9.17) is 4.74 Å². The standard InChI is InChI=1S/C28H27OP/c1-29-26-19-11-12-22-20-21-27(28(22)26)30(23-13-5-2-6-14-23,24-15-7-3-8-16-24)25-17-9-4-10-18-25/h2-19,27,30H,20-21H2,1H3. The molecule has 0 saturated heterocycles. The fourth-order valence-electron chi connectivity index (χ4n) is 5.46. The van der Waals surface area contributed by atoms with Gasteiger partial charge in [0.25, 0.3) is 0 Å². The van der Waals surface area contributed by atoms with Crippen molar-refractivity contribution in [1.82, 2.24) is 0 Å². The number of hydrogen-bond acceptors (Lipinski definition) is 1. The van der Waals surface area contributed by atoms with Gasteiger partial charge in [0.15, 0.2) is 0 Å². The molecular formula is C28H27OP. The minimum atomic E-state index is -2.37. The van der Waals surface area contributed by atoms with E-state index >= 15 is 0 Å². The van der Waals surface area contributed by atoms with Crippen LogP contribution in [0.1, 0.15) is 23.2 Å². The molecular weight excluding hydrogens is 383 g/mol. The van der Waals surface area contributed by atoms with E-state index in [9.17, 15) is 0 Å². The molecule has 0 saturated carbocycles. The molecule has 0 spiro atoms. The molecule has 2 heteroatoms. The molecule has 1 atom stereocenters. The van der Waals surface area contributed by atoms with Gasteiger partial charge in [0.05, 0.1) is 0 Å². The van der Waals surface area contributed by atoms with E-state index in [1.54, 1.807) is 0 Å². The van der Waals surface area contributed by atoms with E-state index in [-0.39, 0.29) is 0 Å². The summed E-state index contributed by atoms with van der Waals surface area (Å²) in [5, 5.41) is 4.39. The second-order valence-electron chi connectivity index (χ2n) is 8.03. The van der Waals surface area contributed by atoms with Crippen LogP contribution in [0.2, 0.25) is 0 Å². The molecule has 0 heterocycles. The van der Waals surface area contributed by atoms with Crippen LogP contribution in [0, 0.1) is 0 Å². The van der Waals surface area contributed by atoms with Gasteiger partial charge >= 0.3 is 180 Å². The Bertz CT molecular complexity index is 1030. The number of fused-ring (bicyclic) bond motifs is 1. The monoisotopic (exact) mass is 410 g/mol. The van der Waals surface area contributed by atoms with Crippen molar-refractivity contribution in [2.24, 2.45) is 0 Å². The van der Waals surface area contributed by atoms with Gasteiger partial charge in [-0.1, -0.05) is 0 Å². The van der Waals surface area contributed by atoms with Gasteiger partial charge in [0, 0.05) is 0 Å². The summed E-state index contributed by atoms with van der Waals surface area (Å²) < 4.78 is 5.91. The Kier molecular flexibility index (Phi) is 5.15. The van der Waals surface area contributed by atoms with Crippen LogP contribution in [-0.4, -0.2) is 7.11 Å². The van der Waals surface area contributed by atoms with E-state index in [0.717, 1.165) is 18.6 Å². The predicted octanol–water partition coefficient (Wildman–Crippen LogP) is 5.41. The first-order valence-electron chi connectivity index (χ1n) is 10.7. The van der Waals surface area contributed by atoms with Gasteiger partial charge in [-0.25, -0.2) is 0 Å². The topological polar surface area (TPSA) is 9.23 Å². The van der Waals surface area contributed by atoms with Gasteiger partial charge in [0.1, 0.15) is 0 Å². The molecule has 0 aromatic heterocycles. The molecule has 1 aliphatic carbocycles. The zero-order valence-electron chi connectivity index (χ0n) is 17.3. The summed E-state index contributed by atoms with van der Waals surface area (Å²) in [6, 6.07) is 40.2. The molecule has 0 radical (unpaired) electrons. The van der Waals surface area contributed by atoms with Crippen molar-refractivity contribution in [3.63, 3.8) is 0 Å². The van der Waals surface area contributed by atoms with Crippen LogP contribution >= 0.6 is 7.26 Å². The molecule has 4 aromatic rings. The van der Waals surface area contributed by atoms with Crippen LogP contribution in [0.15, 0.2) is 109 Å². The number of methoxy groups -OCH3 is 1. The fourth-order valence-corrected chi connectivity index (χ4v) is 11.2. The molecule has 4 aromatic carbocycles. The van der Waals surface area contributed by atoms with Crippen LogP contribution in [-0.2, 0) is 6.42 Å². The Labute approximate surface area is 179 Å². The molecule has 0 aliphatic heterocycles. The molecule has 0 bridgehead atoms. The molecule has 0 amide bonds. The SMILES string of the molecule is COc1cccc2c1C([PH](c1ccccc1)(c1ccccc1)c1ccccc1)CC2. The second kappa shape index (κ2) is 8.09. The third-order valence-electron chi connectivity index (χ3n) is 6.64. The Morgan fingerprint density at radius 2 is 1.13 bits per heavy atom. The first-order chi connectivity index (χ1) is 14.9. The summed E-state index contributed by atoms with van der Waals surface area (Å²) in [6.45, 7) is 0. The quantitative estimate of drug-likeness (QED) is 0.400. The summed E-state index contributed by atoms with van der Waals surface area (Å²) in [7, 11) is -0.562. The Morgan fingerprint density at radius 3 is 1.60 bits per heavy atom. The molecule has 30 heavy (non-hydrogen) atoms. The number of rotatable bonds is 5. The average Bonchev–Trinajstić information content (AvgIpc) is 3.26. The van der Waals surface area contributed by atoms with Crippen molar-refractivity contribution in [2.45, 2.75) is 18.5 Å². The van der Waals surface area contributed by atoms with Gasteiger partial charge in [-0.05, 0) is 0 Å². The number of aryl methyl sites for hydroxylation is 1. The van der Waals surface area contributed by atoms with Crippen LogP contribution in [0.5, 0.6) is 5.75 Å². The van der Waals surface area contributed by atoms with Gasteiger partial charge < -0.3 is 0 Å². The predicted molar refractivity (Wildman–Crippen MR) is 131 cm³/mol. The number of benzene rings is 4. The molecule has 0 fully saturated rings. The molecule has 1 nitrogen and oxygen atoms in total. The van der Waals surface area contributed by atoms with E-state index in [1.165, 1.54) is 27.0 Å². The van der Waals surface area contributed by atoms with E-state index in [1.807, 2.05) is 7.11 Å². The van der Waals surface area contributed by atoms with Crippen molar-refractivity contribution in [1.29, 1.82) is 0 Å². The molecule has 1 unspecified atom stereocenters. The fraction of sp³-hybridized carbons (Fsp3) is 0.143. The second-order valence-corrected chi connectivity index (χ2v) is 12.1. The number of ether oxygens (including phenoxy) is 1. The minimum absolute atomic E-state index is 0.427. The van der Waals surface area contributed by atoms with E-state index < -0.39 is 7.26 Å².